The summed E-state index contributed by atoms with van der Waals surface area (Å²) in [5.74, 6) is 0.908. The molecule has 1 aromatic heterocycles. The molecule has 0 bridgehead atoms. The minimum atomic E-state index is -3.82. The molecule has 0 aliphatic carbocycles. The molecule has 26 heavy (non-hydrogen) atoms. The molecule has 0 radical (unpaired) electrons. The lowest BCUT2D eigenvalue weighted by atomic mass is 10.2. The van der Waals surface area contributed by atoms with Gasteiger partial charge in [-0.1, -0.05) is 11.6 Å². The number of nitrogens with one attached hydrogen (secondary N) is 1. The van der Waals surface area contributed by atoms with E-state index in [9.17, 15) is 8.42 Å². The van der Waals surface area contributed by atoms with E-state index >= 15 is 0 Å². The van der Waals surface area contributed by atoms with Crippen LogP contribution in [0.1, 0.15) is 5.56 Å². The van der Waals surface area contributed by atoms with E-state index < -0.39 is 10.0 Å². The number of benzene rings is 2. The number of hydrogen-bond acceptors (Lipinski definition) is 7. The fourth-order valence-electron chi connectivity index (χ4n) is 2.47. The van der Waals surface area contributed by atoms with Crippen molar-refractivity contribution >= 4 is 45.0 Å². The molecule has 0 spiro atoms. The van der Waals surface area contributed by atoms with Crippen molar-refractivity contribution in [1.82, 2.24) is 14.2 Å². The summed E-state index contributed by atoms with van der Waals surface area (Å²) in [6.07, 6.45) is 0. The zero-order chi connectivity index (χ0) is 18.5. The van der Waals surface area contributed by atoms with Gasteiger partial charge in [0, 0.05) is 15.6 Å². The molecule has 1 N–H and O–H groups in total. The summed E-state index contributed by atoms with van der Waals surface area (Å²) in [4.78, 5) is 5.00. The zero-order valence-electron chi connectivity index (χ0n) is 13.7. The molecule has 10 heteroatoms. The predicted molar refractivity (Wildman–Crippen MR) is 99.2 cm³/mol. The van der Waals surface area contributed by atoms with Crippen molar-refractivity contribution in [2.24, 2.45) is 0 Å². The molecule has 0 atom stereocenters. The van der Waals surface area contributed by atoms with E-state index in [2.05, 4.69) is 15.4 Å². The molecule has 0 saturated carbocycles. The molecule has 1 aliphatic heterocycles. The second-order valence-electron chi connectivity index (χ2n) is 5.57. The summed E-state index contributed by atoms with van der Waals surface area (Å²) < 4.78 is 31.8. The van der Waals surface area contributed by atoms with Crippen LogP contribution >= 0.6 is 23.4 Å². The van der Waals surface area contributed by atoms with E-state index in [4.69, 9.17) is 16.3 Å². The van der Waals surface area contributed by atoms with Gasteiger partial charge in [0.15, 0.2) is 0 Å². The monoisotopic (exact) mass is 408 g/mol. The van der Waals surface area contributed by atoms with Crippen LogP contribution in [0.2, 0.25) is 5.02 Å². The van der Waals surface area contributed by atoms with Gasteiger partial charge in [-0.15, -0.1) is 9.19 Å². The second kappa shape index (κ2) is 6.19. The fraction of sp³-hybridized carbons (Fsp3) is 0.125. The lowest BCUT2D eigenvalue weighted by Crippen LogP contribution is -2.20. The van der Waals surface area contributed by atoms with Gasteiger partial charge in [0.25, 0.3) is 10.0 Å². The summed E-state index contributed by atoms with van der Waals surface area (Å²) in [5.41, 5.74) is 1.40. The number of ether oxygens (including phenoxy) is 1. The van der Waals surface area contributed by atoms with E-state index in [0.717, 1.165) is 4.09 Å². The molecule has 2 aromatic carbocycles. The molecule has 7 nitrogen and oxygen atoms in total. The first-order valence-corrected chi connectivity index (χ1v) is 10.1. The van der Waals surface area contributed by atoms with Gasteiger partial charge in [-0.25, -0.2) is 0 Å². The largest absolute Gasteiger partial charge is 0.497 e. The van der Waals surface area contributed by atoms with E-state index in [-0.39, 0.29) is 16.0 Å². The van der Waals surface area contributed by atoms with Crippen molar-refractivity contribution in [3.63, 3.8) is 0 Å². The molecule has 134 valence electrons. The smallest absolute Gasteiger partial charge is 0.286 e. The fourth-order valence-corrected chi connectivity index (χ4v) is 5.58. The van der Waals surface area contributed by atoms with Crippen LogP contribution in [-0.4, -0.2) is 29.7 Å². The number of halogens is 1. The highest BCUT2D eigenvalue weighted by Gasteiger charge is 2.33. The number of fused-ring (bicyclic) bond motifs is 2. The van der Waals surface area contributed by atoms with Crippen LogP contribution < -0.4 is 10.1 Å². The second-order valence-corrected chi connectivity index (χ2v) is 8.72. The molecular weight excluding hydrogens is 396 g/mol. The number of aryl methyl sites for hydroxylation is 1. The van der Waals surface area contributed by atoms with Crippen molar-refractivity contribution in [3.8, 4) is 5.75 Å². The van der Waals surface area contributed by atoms with Crippen LogP contribution in [0, 0.1) is 6.92 Å². The number of aromatic nitrogens is 3. The molecule has 1 aliphatic rings. The van der Waals surface area contributed by atoms with Crippen molar-refractivity contribution < 1.29 is 13.2 Å². The first kappa shape index (κ1) is 17.2. The quantitative estimate of drug-likeness (QED) is 0.553. The molecule has 0 unspecified atom stereocenters. The average Bonchev–Trinajstić information content (AvgIpc) is 3.01. The van der Waals surface area contributed by atoms with Crippen LogP contribution in [0.4, 0.5) is 11.6 Å². The van der Waals surface area contributed by atoms with Crippen LogP contribution in [-0.2, 0) is 10.0 Å². The Balaban J connectivity index is 1.72. The van der Waals surface area contributed by atoms with Crippen LogP contribution in [0.15, 0.2) is 51.3 Å². The molecule has 2 heterocycles. The summed E-state index contributed by atoms with van der Waals surface area (Å²) in [5, 5.41) is 7.88. The number of methoxy groups -OCH3 is 1. The maximum atomic E-state index is 12.9. The number of hydrogen-bond donors (Lipinski definition) is 1. The van der Waals surface area contributed by atoms with E-state index in [1.54, 1.807) is 50.4 Å². The SMILES string of the molecule is COc1ccc(Nc2nc3n(n2)S(=O)(=O)c2cc(C)c(Cl)cc2S3)cc1. The van der Waals surface area contributed by atoms with Crippen molar-refractivity contribution in [3.05, 3.63) is 47.0 Å². The molecular formula is C16H13ClN4O3S2. The summed E-state index contributed by atoms with van der Waals surface area (Å²) in [7, 11) is -2.23. The third-order valence-electron chi connectivity index (χ3n) is 3.83. The van der Waals surface area contributed by atoms with Crippen LogP contribution in [0.5, 0.6) is 5.75 Å². The third-order valence-corrected chi connectivity index (χ3v) is 7.09. The molecule has 0 amide bonds. The molecule has 0 fully saturated rings. The van der Waals surface area contributed by atoms with Crippen LogP contribution in [0.3, 0.4) is 0 Å². The van der Waals surface area contributed by atoms with Gasteiger partial charge < -0.3 is 10.1 Å². The molecule has 0 saturated heterocycles. The lowest BCUT2D eigenvalue weighted by molar-refractivity contribution is 0.415. The van der Waals surface area contributed by atoms with Crippen molar-refractivity contribution in [1.29, 1.82) is 0 Å². The number of nitrogens with zero attached hydrogens (tertiary/aromatic N) is 3. The highest BCUT2D eigenvalue weighted by atomic mass is 35.5. The third kappa shape index (κ3) is 2.81. The van der Waals surface area contributed by atoms with E-state index in [1.807, 2.05) is 0 Å². The Morgan fingerprint density at radius 2 is 1.96 bits per heavy atom. The zero-order valence-corrected chi connectivity index (χ0v) is 16.1. The maximum absolute atomic E-state index is 12.9. The lowest BCUT2D eigenvalue weighted by Gasteiger charge is -2.17. The molecule has 4 rings (SSSR count). The predicted octanol–water partition coefficient (Wildman–Crippen LogP) is 3.69. The topological polar surface area (TPSA) is 86.1 Å². The van der Waals surface area contributed by atoms with Gasteiger partial charge in [0.1, 0.15) is 10.6 Å². The summed E-state index contributed by atoms with van der Waals surface area (Å²) in [6.45, 7) is 1.76. The van der Waals surface area contributed by atoms with E-state index in [1.165, 1.54) is 11.8 Å². The number of rotatable bonds is 3. The Bertz CT molecular complexity index is 1110. The summed E-state index contributed by atoms with van der Waals surface area (Å²) in [6, 6.07) is 10.3. The Kier molecular flexibility index (Phi) is 4.09. The molecule has 3 aromatic rings. The normalized spacial score (nSPS) is 14.4. The highest BCUT2D eigenvalue weighted by Crippen LogP contribution is 2.41. The van der Waals surface area contributed by atoms with Gasteiger partial charge >= 0.3 is 0 Å². The van der Waals surface area contributed by atoms with Gasteiger partial charge in [0.05, 0.1) is 7.11 Å². The van der Waals surface area contributed by atoms with E-state index in [0.29, 0.717) is 26.9 Å². The van der Waals surface area contributed by atoms with Gasteiger partial charge in [0.2, 0.25) is 11.1 Å². The minimum Gasteiger partial charge on any atom is -0.497 e. The van der Waals surface area contributed by atoms with Crippen molar-refractivity contribution in [2.45, 2.75) is 21.9 Å². The minimum absolute atomic E-state index is 0.179. The number of anilines is 2. The Labute approximate surface area is 159 Å². The highest BCUT2D eigenvalue weighted by molar-refractivity contribution is 8.01. The van der Waals surface area contributed by atoms with Gasteiger partial charge in [-0.2, -0.15) is 13.4 Å². The maximum Gasteiger partial charge on any atom is 0.286 e. The standard InChI is InChI=1S/C16H13ClN4O3S2/c1-9-7-14-13(8-12(9)17)25-16-19-15(20-21(16)26(14,22)23)18-10-3-5-11(24-2)6-4-10/h3-8H,1-2H3,(H,18,20). The Morgan fingerprint density at radius 1 is 1.23 bits per heavy atom. The van der Waals surface area contributed by atoms with Gasteiger partial charge in [-0.3, -0.25) is 0 Å². The first-order valence-electron chi connectivity index (χ1n) is 7.50. The van der Waals surface area contributed by atoms with Crippen molar-refractivity contribution in [2.75, 3.05) is 12.4 Å². The summed E-state index contributed by atoms with van der Waals surface area (Å²) >= 11 is 7.34. The Hall–Kier alpha value is -2.23. The van der Waals surface area contributed by atoms with Gasteiger partial charge in [-0.05, 0) is 60.6 Å². The Morgan fingerprint density at radius 3 is 2.65 bits per heavy atom. The first-order chi connectivity index (χ1) is 12.4. The van der Waals surface area contributed by atoms with Crippen LogP contribution in [0.25, 0.3) is 0 Å². The average molecular weight is 409 g/mol.